The lowest BCUT2D eigenvalue weighted by Crippen LogP contribution is -2.54. The minimum Gasteiger partial charge on any atom is -0.481 e. The molecular weight excluding hydrogens is 288 g/mol. The topological polar surface area (TPSA) is 57.5 Å². The van der Waals surface area contributed by atoms with Gasteiger partial charge in [0.15, 0.2) is 0 Å². The Morgan fingerprint density at radius 2 is 1.61 bits per heavy atom. The predicted molar refractivity (Wildman–Crippen MR) is 88.9 cm³/mol. The molecule has 0 spiro atoms. The van der Waals surface area contributed by atoms with E-state index in [4.69, 9.17) is 0 Å². The van der Waals surface area contributed by atoms with Crippen molar-refractivity contribution in [3.63, 3.8) is 0 Å². The van der Waals surface area contributed by atoms with Gasteiger partial charge in [-0.05, 0) is 92.3 Å². The van der Waals surface area contributed by atoms with Crippen LogP contribution in [-0.4, -0.2) is 22.3 Å². The second-order valence-electron chi connectivity index (χ2n) is 9.61. The van der Waals surface area contributed by atoms with Crippen LogP contribution >= 0.6 is 0 Å². The summed E-state index contributed by atoms with van der Waals surface area (Å²) in [5, 5.41) is 20.0. The number of hydrogen-bond acceptors (Lipinski definition) is 2. The molecule has 4 fully saturated rings. The van der Waals surface area contributed by atoms with E-state index < -0.39 is 5.97 Å². The van der Waals surface area contributed by atoms with E-state index >= 15 is 0 Å². The van der Waals surface area contributed by atoms with Gasteiger partial charge >= 0.3 is 5.97 Å². The molecular formula is C20H32O3. The second kappa shape index (κ2) is 5.21. The highest BCUT2D eigenvalue weighted by Crippen LogP contribution is 2.66. The van der Waals surface area contributed by atoms with Crippen molar-refractivity contribution in [1.29, 1.82) is 0 Å². The zero-order valence-electron chi connectivity index (χ0n) is 14.6. The quantitative estimate of drug-likeness (QED) is 0.765. The first-order valence-corrected chi connectivity index (χ1v) is 9.77. The van der Waals surface area contributed by atoms with E-state index in [2.05, 4.69) is 13.8 Å². The van der Waals surface area contributed by atoms with Gasteiger partial charge in [-0.15, -0.1) is 0 Å². The third-order valence-corrected chi connectivity index (χ3v) is 8.91. The van der Waals surface area contributed by atoms with Gasteiger partial charge in [-0.3, -0.25) is 4.79 Å². The van der Waals surface area contributed by atoms with Crippen LogP contribution in [0.5, 0.6) is 0 Å². The average molecular weight is 320 g/mol. The standard InChI is InChI=1S/C20H32O3/c1-19-10-9-16-14(15(19)7-8-17(19)21)6-5-13-4-3-12(18(22)23)11-20(13,16)2/h12-17,21H,3-11H2,1-2H3,(H,22,23)/t12?,13?,14-,15-,16+,17?,19-,20-/m0/s1. The molecule has 0 bridgehead atoms. The molecule has 3 nitrogen and oxygen atoms in total. The Labute approximate surface area is 139 Å². The van der Waals surface area contributed by atoms with E-state index in [9.17, 15) is 15.0 Å². The summed E-state index contributed by atoms with van der Waals surface area (Å²) in [5.74, 6) is 2.10. The van der Waals surface area contributed by atoms with Gasteiger partial charge in [0.05, 0.1) is 12.0 Å². The van der Waals surface area contributed by atoms with Crippen LogP contribution in [0.1, 0.15) is 71.6 Å². The first-order valence-electron chi connectivity index (χ1n) is 9.77. The van der Waals surface area contributed by atoms with Gasteiger partial charge in [-0.1, -0.05) is 13.8 Å². The van der Waals surface area contributed by atoms with Crippen LogP contribution in [0.15, 0.2) is 0 Å². The second-order valence-corrected chi connectivity index (χ2v) is 9.61. The first kappa shape index (κ1) is 15.9. The largest absolute Gasteiger partial charge is 0.481 e. The fraction of sp³-hybridized carbons (Fsp3) is 0.950. The van der Waals surface area contributed by atoms with E-state index in [1.165, 1.54) is 25.7 Å². The van der Waals surface area contributed by atoms with Gasteiger partial charge in [0, 0.05) is 0 Å². The Bertz CT molecular complexity index is 503. The molecule has 0 saturated heterocycles. The third kappa shape index (κ3) is 2.14. The number of carboxylic acids is 1. The molecule has 4 aliphatic rings. The minimum atomic E-state index is -0.580. The van der Waals surface area contributed by atoms with Crippen LogP contribution < -0.4 is 0 Å². The van der Waals surface area contributed by atoms with E-state index in [1.807, 2.05) is 0 Å². The monoisotopic (exact) mass is 320 g/mol. The molecule has 2 N–H and O–H groups in total. The van der Waals surface area contributed by atoms with Crippen LogP contribution in [0, 0.1) is 40.4 Å². The van der Waals surface area contributed by atoms with Crippen molar-refractivity contribution in [3.8, 4) is 0 Å². The highest BCUT2D eigenvalue weighted by Gasteiger charge is 2.60. The maximum atomic E-state index is 11.6. The zero-order chi connectivity index (χ0) is 16.4. The molecule has 0 aliphatic heterocycles. The van der Waals surface area contributed by atoms with Gasteiger partial charge in [0.1, 0.15) is 0 Å². The molecule has 4 rings (SSSR count). The fourth-order valence-electron chi connectivity index (χ4n) is 7.55. The summed E-state index contributed by atoms with van der Waals surface area (Å²) in [6.07, 6.45) is 9.87. The predicted octanol–water partition coefficient (Wildman–Crippen LogP) is 4.09. The van der Waals surface area contributed by atoms with Crippen LogP contribution in [0.25, 0.3) is 0 Å². The molecule has 0 heterocycles. The van der Waals surface area contributed by atoms with Crippen molar-refractivity contribution in [2.75, 3.05) is 0 Å². The molecule has 3 unspecified atom stereocenters. The Balaban J connectivity index is 1.63. The number of aliphatic hydroxyl groups excluding tert-OH is 1. The van der Waals surface area contributed by atoms with Crippen LogP contribution in [0.4, 0.5) is 0 Å². The molecule has 8 atom stereocenters. The minimum absolute atomic E-state index is 0.114. The van der Waals surface area contributed by atoms with Gasteiger partial charge in [-0.2, -0.15) is 0 Å². The first-order chi connectivity index (χ1) is 10.9. The molecule has 3 heteroatoms. The summed E-state index contributed by atoms with van der Waals surface area (Å²) >= 11 is 0. The van der Waals surface area contributed by atoms with Crippen molar-refractivity contribution in [2.45, 2.75) is 77.7 Å². The lowest BCUT2D eigenvalue weighted by molar-refractivity contribution is -0.155. The number of rotatable bonds is 1. The Hall–Kier alpha value is -0.570. The molecule has 0 amide bonds. The number of hydrogen-bond donors (Lipinski definition) is 2. The van der Waals surface area contributed by atoms with Gasteiger partial charge in [0.2, 0.25) is 0 Å². The average Bonchev–Trinajstić information content (AvgIpc) is 2.81. The number of fused-ring (bicyclic) bond motifs is 5. The molecule has 130 valence electrons. The van der Waals surface area contributed by atoms with Crippen molar-refractivity contribution >= 4 is 5.97 Å². The van der Waals surface area contributed by atoms with Crippen molar-refractivity contribution < 1.29 is 15.0 Å². The number of carboxylic acid groups (broad SMARTS) is 1. The molecule has 0 radical (unpaired) electrons. The van der Waals surface area contributed by atoms with Crippen molar-refractivity contribution in [2.24, 2.45) is 40.4 Å². The summed E-state index contributed by atoms with van der Waals surface area (Å²) in [7, 11) is 0. The Morgan fingerprint density at radius 3 is 2.35 bits per heavy atom. The third-order valence-electron chi connectivity index (χ3n) is 8.91. The maximum Gasteiger partial charge on any atom is 0.306 e. The summed E-state index contributed by atoms with van der Waals surface area (Å²) in [5.41, 5.74) is 0.352. The zero-order valence-corrected chi connectivity index (χ0v) is 14.6. The van der Waals surface area contributed by atoms with E-state index in [0.29, 0.717) is 11.8 Å². The van der Waals surface area contributed by atoms with E-state index in [-0.39, 0.29) is 22.9 Å². The van der Waals surface area contributed by atoms with Crippen molar-refractivity contribution in [1.82, 2.24) is 0 Å². The Morgan fingerprint density at radius 1 is 0.913 bits per heavy atom. The highest BCUT2D eigenvalue weighted by molar-refractivity contribution is 5.70. The molecule has 23 heavy (non-hydrogen) atoms. The molecule has 4 saturated carbocycles. The fourth-order valence-corrected chi connectivity index (χ4v) is 7.55. The summed E-state index contributed by atoms with van der Waals surface area (Å²) in [6, 6.07) is 0. The van der Waals surface area contributed by atoms with E-state index in [1.54, 1.807) is 0 Å². The smallest absolute Gasteiger partial charge is 0.306 e. The SMILES string of the molecule is C[C@]12CC(C(=O)O)CCC1CC[C@@H]1[C@H]2CC[C@]2(C)C(O)CC[C@@H]12. The van der Waals surface area contributed by atoms with E-state index in [0.717, 1.165) is 43.9 Å². The van der Waals surface area contributed by atoms with Crippen LogP contribution in [0.3, 0.4) is 0 Å². The molecule has 0 aromatic rings. The van der Waals surface area contributed by atoms with Crippen molar-refractivity contribution in [3.05, 3.63) is 0 Å². The summed E-state index contributed by atoms with van der Waals surface area (Å²) in [4.78, 5) is 11.6. The van der Waals surface area contributed by atoms with Crippen LogP contribution in [0.2, 0.25) is 0 Å². The van der Waals surface area contributed by atoms with Gasteiger partial charge in [0.25, 0.3) is 0 Å². The Kier molecular flexibility index (Phi) is 3.61. The normalized spacial score (nSPS) is 55.6. The van der Waals surface area contributed by atoms with Crippen LogP contribution in [-0.2, 0) is 4.79 Å². The number of aliphatic carboxylic acids is 1. The summed E-state index contributed by atoms with van der Waals surface area (Å²) < 4.78 is 0. The van der Waals surface area contributed by atoms with Gasteiger partial charge in [-0.25, -0.2) is 0 Å². The molecule has 4 aliphatic carbocycles. The highest BCUT2D eigenvalue weighted by atomic mass is 16.4. The number of carbonyl (C=O) groups is 1. The lowest BCUT2D eigenvalue weighted by Gasteiger charge is -2.60. The van der Waals surface area contributed by atoms with Gasteiger partial charge < -0.3 is 10.2 Å². The molecule has 0 aromatic carbocycles. The maximum absolute atomic E-state index is 11.6. The molecule has 0 aromatic heterocycles. The lowest BCUT2D eigenvalue weighted by atomic mass is 9.44. The summed E-state index contributed by atoms with van der Waals surface area (Å²) in [6.45, 7) is 4.73. The number of aliphatic hydroxyl groups is 1.